The summed E-state index contributed by atoms with van der Waals surface area (Å²) in [5.41, 5.74) is 0. The van der Waals surface area contributed by atoms with E-state index in [1.54, 1.807) is 11.0 Å². The van der Waals surface area contributed by atoms with Crippen LogP contribution in [0.1, 0.15) is 5.82 Å². The lowest BCUT2D eigenvalue weighted by Crippen LogP contribution is -2.44. The third-order valence-corrected chi connectivity index (χ3v) is 2.81. The lowest BCUT2D eigenvalue weighted by atomic mass is 10.3. The van der Waals surface area contributed by atoms with Crippen molar-refractivity contribution in [2.45, 2.75) is 6.42 Å². The molecule has 1 saturated heterocycles. The highest BCUT2D eigenvalue weighted by atomic mass is 16.5. The number of ether oxygens (including phenoxy) is 1. The number of hydrogen-bond donors (Lipinski definition) is 1. The molecule has 0 atom stereocenters. The fourth-order valence-corrected chi connectivity index (χ4v) is 1.82. The molecule has 1 N–H and O–H groups in total. The summed E-state index contributed by atoms with van der Waals surface area (Å²) in [5.74, 6) is 0.927. The number of aryl methyl sites for hydroxylation is 1. The van der Waals surface area contributed by atoms with Gasteiger partial charge in [0.2, 0.25) is 5.91 Å². The van der Waals surface area contributed by atoms with E-state index in [2.05, 4.69) is 15.4 Å². The largest absolute Gasteiger partial charge is 0.378 e. The van der Waals surface area contributed by atoms with E-state index in [-0.39, 0.29) is 5.91 Å². The Labute approximate surface area is 106 Å². The van der Waals surface area contributed by atoms with E-state index in [1.807, 2.05) is 11.9 Å². The molecule has 0 bridgehead atoms. The van der Waals surface area contributed by atoms with Crippen LogP contribution in [-0.4, -0.2) is 65.0 Å². The number of amides is 1. The summed E-state index contributed by atoms with van der Waals surface area (Å²) < 4.78 is 6.88. The Morgan fingerprint density at radius 3 is 2.94 bits per heavy atom. The van der Waals surface area contributed by atoms with Crippen LogP contribution in [0.15, 0.2) is 6.33 Å². The zero-order chi connectivity index (χ0) is 12.8. The van der Waals surface area contributed by atoms with Gasteiger partial charge in [0.15, 0.2) is 5.82 Å². The van der Waals surface area contributed by atoms with E-state index in [9.17, 15) is 4.79 Å². The van der Waals surface area contributed by atoms with Crippen LogP contribution in [0.25, 0.3) is 0 Å². The first-order chi connectivity index (χ1) is 8.75. The van der Waals surface area contributed by atoms with Crippen molar-refractivity contribution >= 4 is 5.91 Å². The van der Waals surface area contributed by atoms with Crippen molar-refractivity contribution < 1.29 is 9.53 Å². The van der Waals surface area contributed by atoms with Crippen LogP contribution in [0.5, 0.6) is 0 Å². The number of hydrogen-bond acceptors (Lipinski definition) is 5. The number of rotatable bonds is 5. The molecule has 1 aliphatic heterocycles. The van der Waals surface area contributed by atoms with Crippen LogP contribution in [-0.2, 0) is 23.0 Å². The Morgan fingerprint density at radius 1 is 1.50 bits per heavy atom. The van der Waals surface area contributed by atoms with Gasteiger partial charge in [0.1, 0.15) is 6.33 Å². The topological polar surface area (TPSA) is 72.3 Å². The minimum Gasteiger partial charge on any atom is -0.378 e. The second kappa shape index (κ2) is 6.46. The van der Waals surface area contributed by atoms with Crippen LogP contribution in [0.4, 0.5) is 0 Å². The highest BCUT2D eigenvalue weighted by Gasteiger charge is 2.15. The minimum absolute atomic E-state index is 0.132. The molecule has 0 radical (unpaired) electrons. The monoisotopic (exact) mass is 253 g/mol. The van der Waals surface area contributed by atoms with Gasteiger partial charge in [-0.2, -0.15) is 5.10 Å². The molecule has 0 unspecified atom stereocenters. The SMILES string of the molecule is Cn1cnc(CCNCC(=O)N2CCOCC2)n1. The van der Waals surface area contributed by atoms with Crippen molar-refractivity contribution in [3.05, 3.63) is 12.2 Å². The van der Waals surface area contributed by atoms with Crippen LogP contribution >= 0.6 is 0 Å². The highest BCUT2D eigenvalue weighted by Crippen LogP contribution is 1.96. The molecule has 1 aromatic heterocycles. The minimum atomic E-state index is 0.132. The normalized spacial score (nSPS) is 15.9. The summed E-state index contributed by atoms with van der Waals surface area (Å²) in [4.78, 5) is 17.7. The Hall–Kier alpha value is -1.47. The van der Waals surface area contributed by atoms with Gasteiger partial charge in [-0.1, -0.05) is 0 Å². The van der Waals surface area contributed by atoms with Crippen molar-refractivity contribution in [3.8, 4) is 0 Å². The van der Waals surface area contributed by atoms with E-state index in [0.717, 1.165) is 12.2 Å². The zero-order valence-electron chi connectivity index (χ0n) is 10.6. The number of nitrogens with zero attached hydrogens (tertiary/aromatic N) is 4. The van der Waals surface area contributed by atoms with Crippen LogP contribution in [0.2, 0.25) is 0 Å². The molecule has 1 amide bonds. The molecule has 7 nitrogen and oxygen atoms in total. The fraction of sp³-hybridized carbons (Fsp3) is 0.727. The van der Waals surface area contributed by atoms with E-state index in [0.29, 0.717) is 39.4 Å². The van der Waals surface area contributed by atoms with E-state index >= 15 is 0 Å². The average Bonchev–Trinajstić information content (AvgIpc) is 2.81. The Balaban J connectivity index is 1.61. The second-order valence-electron chi connectivity index (χ2n) is 4.25. The maximum Gasteiger partial charge on any atom is 0.236 e. The van der Waals surface area contributed by atoms with Crippen LogP contribution < -0.4 is 5.32 Å². The molecule has 0 aliphatic carbocycles. The number of carbonyl (C=O) groups excluding carboxylic acids is 1. The third-order valence-electron chi connectivity index (χ3n) is 2.81. The smallest absolute Gasteiger partial charge is 0.236 e. The van der Waals surface area contributed by atoms with Crippen LogP contribution in [0, 0.1) is 0 Å². The number of aromatic nitrogens is 3. The van der Waals surface area contributed by atoms with Gasteiger partial charge in [-0.15, -0.1) is 0 Å². The van der Waals surface area contributed by atoms with Crippen LogP contribution in [0.3, 0.4) is 0 Å². The van der Waals surface area contributed by atoms with Crippen molar-refractivity contribution in [2.24, 2.45) is 7.05 Å². The van der Waals surface area contributed by atoms with Gasteiger partial charge in [-0.05, 0) is 0 Å². The lowest BCUT2D eigenvalue weighted by molar-refractivity contribution is -0.134. The summed E-state index contributed by atoms with van der Waals surface area (Å²) in [6.07, 6.45) is 2.41. The number of carbonyl (C=O) groups is 1. The van der Waals surface area contributed by atoms with Gasteiger partial charge in [0.25, 0.3) is 0 Å². The third kappa shape index (κ3) is 3.78. The predicted octanol–water partition coefficient (Wildman–Crippen LogP) is -1.19. The molecule has 18 heavy (non-hydrogen) atoms. The Bertz CT molecular complexity index is 387. The molecule has 0 spiro atoms. The molecule has 1 fully saturated rings. The van der Waals surface area contributed by atoms with Gasteiger partial charge in [0.05, 0.1) is 19.8 Å². The predicted molar refractivity (Wildman–Crippen MR) is 65.0 cm³/mol. The van der Waals surface area contributed by atoms with Crippen molar-refractivity contribution in [3.63, 3.8) is 0 Å². The van der Waals surface area contributed by atoms with Crippen molar-refractivity contribution in [1.82, 2.24) is 25.0 Å². The molecule has 0 saturated carbocycles. The first-order valence-electron chi connectivity index (χ1n) is 6.16. The molecule has 2 rings (SSSR count). The molecule has 7 heteroatoms. The Kier molecular flexibility index (Phi) is 4.66. The number of nitrogens with one attached hydrogen (secondary N) is 1. The summed E-state index contributed by atoms with van der Waals surface area (Å²) in [5, 5.41) is 7.29. The summed E-state index contributed by atoms with van der Waals surface area (Å²) >= 11 is 0. The van der Waals surface area contributed by atoms with Gasteiger partial charge in [-0.3, -0.25) is 9.48 Å². The van der Waals surface area contributed by atoms with Gasteiger partial charge in [0, 0.05) is 33.1 Å². The molecule has 1 aromatic rings. The molecule has 2 heterocycles. The summed E-state index contributed by atoms with van der Waals surface area (Å²) in [7, 11) is 1.84. The maximum atomic E-state index is 11.8. The van der Waals surface area contributed by atoms with E-state index in [1.165, 1.54) is 0 Å². The molecule has 0 aromatic carbocycles. The standard InChI is InChI=1S/C11H19N5O2/c1-15-9-13-10(14-15)2-3-12-8-11(17)16-4-6-18-7-5-16/h9,12H,2-8H2,1H3. The zero-order valence-corrected chi connectivity index (χ0v) is 10.6. The summed E-state index contributed by atoms with van der Waals surface area (Å²) in [6, 6.07) is 0. The second-order valence-corrected chi connectivity index (χ2v) is 4.25. The molecule has 100 valence electrons. The van der Waals surface area contributed by atoms with E-state index in [4.69, 9.17) is 4.74 Å². The fourth-order valence-electron chi connectivity index (χ4n) is 1.82. The maximum absolute atomic E-state index is 11.8. The van der Waals surface area contributed by atoms with Gasteiger partial charge in [-0.25, -0.2) is 4.98 Å². The quantitative estimate of drug-likeness (QED) is 0.668. The van der Waals surface area contributed by atoms with E-state index < -0.39 is 0 Å². The Morgan fingerprint density at radius 2 is 2.28 bits per heavy atom. The first kappa shape index (κ1) is 13.0. The van der Waals surface area contributed by atoms with Gasteiger partial charge < -0.3 is 15.0 Å². The molecule has 1 aliphatic rings. The molecular weight excluding hydrogens is 234 g/mol. The average molecular weight is 253 g/mol. The first-order valence-corrected chi connectivity index (χ1v) is 6.16. The molecular formula is C11H19N5O2. The summed E-state index contributed by atoms with van der Waals surface area (Å²) in [6.45, 7) is 3.75. The van der Waals surface area contributed by atoms with Crippen molar-refractivity contribution in [1.29, 1.82) is 0 Å². The van der Waals surface area contributed by atoms with Gasteiger partial charge >= 0.3 is 0 Å². The lowest BCUT2D eigenvalue weighted by Gasteiger charge is -2.26. The highest BCUT2D eigenvalue weighted by molar-refractivity contribution is 5.78. The van der Waals surface area contributed by atoms with Crippen molar-refractivity contribution in [2.75, 3.05) is 39.4 Å². The number of morpholine rings is 1.